The number of aliphatic hydroxyl groups is 1. The molecule has 0 radical (unpaired) electrons. The van der Waals surface area contributed by atoms with Gasteiger partial charge in [-0.05, 0) is 53.8 Å². The number of methoxy groups -OCH3 is 2. The fourth-order valence-electron chi connectivity index (χ4n) is 6.26. The zero-order chi connectivity index (χ0) is 30.2. The van der Waals surface area contributed by atoms with Crippen LogP contribution in [0.3, 0.4) is 0 Å². The highest BCUT2D eigenvalue weighted by Crippen LogP contribution is 2.39. The second kappa shape index (κ2) is 14.6. The number of nitrogens with zero attached hydrogens (tertiary/aromatic N) is 2. The highest BCUT2D eigenvalue weighted by atomic mass is 16.5. The quantitative estimate of drug-likeness (QED) is 0.290. The third-order valence-electron chi connectivity index (χ3n) is 8.47. The van der Waals surface area contributed by atoms with Crippen LogP contribution in [0.1, 0.15) is 29.0 Å². The molecule has 230 valence electrons. The molecule has 2 aliphatic rings. The molecule has 1 saturated heterocycles. The average Bonchev–Trinajstić information content (AvgIpc) is 3.04. The molecule has 9 nitrogen and oxygen atoms in total. The lowest BCUT2D eigenvalue weighted by molar-refractivity contribution is -0.0650. The van der Waals surface area contributed by atoms with E-state index in [9.17, 15) is 15.0 Å². The SMILES string of the molecule is COCCCN1CCOc2ccc(CO[C@H]3CN(C(=O)O)C[C@@H](C(O)Cc4ccccc4)[C@@H]3c3ccc(OC)cc3)cc21. The van der Waals surface area contributed by atoms with Gasteiger partial charge in [0.15, 0.2) is 0 Å². The van der Waals surface area contributed by atoms with E-state index in [1.165, 1.54) is 4.90 Å². The Morgan fingerprint density at radius 2 is 1.81 bits per heavy atom. The topological polar surface area (TPSA) is 101 Å². The van der Waals surface area contributed by atoms with Crippen LogP contribution in [0.15, 0.2) is 72.8 Å². The van der Waals surface area contributed by atoms with Gasteiger partial charge in [0.1, 0.15) is 18.1 Å². The summed E-state index contributed by atoms with van der Waals surface area (Å²) < 4.78 is 23.1. The van der Waals surface area contributed by atoms with Crippen LogP contribution >= 0.6 is 0 Å². The van der Waals surface area contributed by atoms with Crippen molar-refractivity contribution in [1.82, 2.24) is 4.90 Å². The van der Waals surface area contributed by atoms with Gasteiger partial charge in [-0.2, -0.15) is 0 Å². The lowest BCUT2D eigenvalue weighted by atomic mass is 9.74. The molecule has 5 rings (SSSR count). The van der Waals surface area contributed by atoms with Gasteiger partial charge in [-0.1, -0.05) is 48.5 Å². The molecule has 3 aromatic rings. The molecule has 2 aliphatic heterocycles. The first kappa shape index (κ1) is 30.7. The van der Waals surface area contributed by atoms with Gasteiger partial charge in [0.05, 0.1) is 44.7 Å². The Bertz CT molecular complexity index is 1320. The van der Waals surface area contributed by atoms with Gasteiger partial charge in [-0.3, -0.25) is 0 Å². The molecule has 1 fully saturated rings. The second-order valence-corrected chi connectivity index (χ2v) is 11.2. The summed E-state index contributed by atoms with van der Waals surface area (Å²) in [6.45, 7) is 3.72. The van der Waals surface area contributed by atoms with E-state index in [0.29, 0.717) is 26.2 Å². The van der Waals surface area contributed by atoms with E-state index in [1.807, 2.05) is 66.7 Å². The minimum absolute atomic E-state index is 0.206. The van der Waals surface area contributed by atoms with E-state index in [-0.39, 0.29) is 24.9 Å². The number of benzene rings is 3. The Kier molecular flexibility index (Phi) is 10.4. The van der Waals surface area contributed by atoms with Crippen molar-refractivity contribution >= 4 is 11.8 Å². The summed E-state index contributed by atoms with van der Waals surface area (Å²) in [4.78, 5) is 16.0. The molecular formula is C34H42N2O7. The Morgan fingerprint density at radius 3 is 2.53 bits per heavy atom. The first-order valence-electron chi connectivity index (χ1n) is 14.9. The predicted molar refractivity (Wildman–Crippen MR) is 164 cm³/mol. The summed E-state index contributed by atoms with van der Waals surface area (Å²) in [7, 11) is 3.34. The minimum Gasteiger partial charge on any atom is -0.497 e. The van der Waals surface area contributed by atoms with Crippen LogP contribution in [0.5, 0.6) is 11.5 Å². The third kappa shape index (κ3) is 7.60. The van der Waals surface area contributed by atoms with Gasteiger partial charge in [-0.15, -0.1) is 0 Å². The van der Waals surface area contributed by atoms with Crippen LogP contribution in [-0.2, 0) is 22.5 Å². The molecule has 2 heterocycles. The Hall–Kier alpha value is -3.79. The van der Waals surface area contributed by atoms with Crippen LogP contribution in [0.25, 0.3) is 0 Å². The van der Waals surface area contributed by atoms with Crippen molar-refractivity contribution in [3.8, 4) is 11.5 Å². The van der Waals surface area contributed by atoms with Crippen LogP contribution in [0.4, 0.5) is 10.5 Å². The number of aliphatic hydroxyl groups excluding tert-OH is 1. The molecule has 4 atom stereocenters. The normalized spacial score (nSPS) is 20.7. The standard InChI is InChI=1S/C34H42N2O7/c1-40-17-6-15-35-16-18-42-31-14-9-25(19-29(31)35)23-43-32-22-36(34(38)39)21-28(30(37)20-24-7-4-3-5-8-24)33(32)26-10-12-27(41-2)13-11-26/h3-5,7-14,19,28,30,32-33,37H,6,15-18,20-23H2,1-2H3,(H,38,39)/t28-,30?,32-,33-/m0/s1. The monoisotopic (exact) mass is 590 g/mol. The number of likely N-dealkylation sites (tertiary alicyclic amines) is 1. The summed E-state index contributed by atoms with van der Waals surface area (Å²) in [6.07, 6.45) is -0.929. The van der Waals surface area contributed by atoms with Gasteiger partial charge in [0.2, 0.25) is 0 Å². The number of carboxylic acid groups (broad SMARTS) is 1. The number of hydrogen-bond acceptors (Lipinski definition) is 7. The molecule has 1 unspecified atom stereocenters. The fraction of sp³-hybridized carbons (Fsp3) is 0.441. The van der Waals surface area contributed by atoms with Crippen molar-refractivity contribution in [2.24, 2.45) is 5.92 Å². The third-order valence-corrected chi connectivity index (χ3v) is 8.47. The zero-order valence-corrected chi connectivity index (χ0v) is 24.9. The second-order valence-electron chi connectivity index (χ2n) is 11.2. The van der Waals surface area contributed by atoms with Crippen molar-refractivity contribution in [3.05, 3.63) is 89.5 Å². The van der Waals surface area contributed by atoms with Gasteiger partial charge >= 0.3 is 6.09 Å². The number of ether oxygens (including phenoxy) is 4. The molecule has 0 spiro atoms. The summed E-state index contributed by atoms with van der Waals surface area (Å²) in [5.74, 6) is 0.975. The Labute approximate surface area is 253 Å². The number of piperidine rings is 1. The molecule has 2 N–H and O–H groups in total. The zero-order valence-electron chi connectivity index (χ0n) is 24.9. The summed E-state index contributed by atoms with van der Waals surface area (Å²) in [6, 6.07) is 23.7. The van der Waals surface area contributed by atoms with Gasteiger partial charge in [0.25, 0.3) is 0 Å². The maximum Gasteiger partial charge on any atom is 0.407 e. The molecule has 9 heteroatoms. The number of rotatable bonds is 12. The van der Waals surface area contributed by atoms with E-state index in [4.69, 9.17) is 18.9 Å². The van der Waals surface area contributed by atoms with Crippen LogP contribution in [-0.4, -0.2) is 87.0 Å². The predicted octanol–water partition coefficient (Wildman–Crippen LogP) is 4.81. The lowest BCUT2D eigenvalue weighted by Crippen LogP contribution is -2.54. The maximum atomic E-state index is 12.3. The van der Waals surface area contributed by atoms with Crippen molar-refractivity contribution in [2.75, 3.05) is 58.5 Å². The fourth-order valence-corrected chi connectivity index (χ4v) is 6.26. The summed E-state index contributed by atoms with van der Waals surface area (Å²) in [5.41, 5.74) is 3.99. The molecular weight excluding hydrogens is 548 g/mol. The first-order chi connectivity index (χ1) is 21.0. The molecule has 0 bridgehead atoms. The molecule has 0 saturated carbocycles. The van der Waals surface area contributed by atoms with Crippen molar-refractivity contribution in [1.29, 1.82) is 0 Å². The van der Waals surface area contributed by atoms with Gasteiger partial charge in [-0.25, -0.2) is 4.79 Å². The average molecular weight is 591 g/mol. The highest BCUT2D eigenvalue weighted by molar-refractivity contribution is 5.65. The van der Waals surface area contributed by atoms with Crippen molar-refractivity contribution in [3.63, 3.8) is 0 Å². The van der Waals surface area contributed by atoms with Gasteiger partial charge in [0, 0.05) is 38.6 Å². The molecule has 0 aromatic heterocycles. The summed E-state index contributed by atoms with van der Waals surface area (Å²) >= 11 is 0. The Morgan fingerprint density at radius 1 is 1.02 bits per heavy atom. The van der Waals surface area contributed by atoms with Crippen LogP contribution < -0.4 is 14.4 Å². The number of amides is 1. The summed E-state index contributed by atoms with van der Waals surface area (Å²) in [5, 5.41) is 21.6. The van der Waals surface area contributed by atoms with E-state index in [2.05, 4.69) is 11.0 Å². The molecule has 43 heavy (non-hydrogen) atoms. The lowest BCUT2D eigenvalue weighted by Gasteiger charge is -2.44. The smallest absolute Gasteiger partial charge is 0.407 e. The van der Waals surface area contributed by atoms with E-state index < -0.39 is 18.3 Å². The van der Waals surface area contributed by atoms with E-state index in [1.54, 1.807) is 14.2 Å². The van der Waals surface area contributed by atoms with E-state index >= 15 is 0 Å². The molecule has 1 amide bonds. The Balaban J connectivity index is 1.41. The number of anilines is 1. The number of carbonyl (C=O) groups is 1. The van der Waals surface area contributed by atoms with Crippen LogP contribution in [0.2, 0.25) is 0 Å². The van der Waals surface area contributed by atoms with Crippen molar-refractivity contribution in [2.45, 2.75) is 37.6 Å². The highest BCUT2D eigenvalue weighted by Gasteiger charge is 2.43. The minimum atomic E-state index is -1.02. The number of fused-ring (bicyclic) bond motifs is 1. The van der Waals surface area contributed by atoms with Crippen molar-refractivity contribution < 1.29 is 34.0 Å². The van der Waals surface area contributed by atoms with Gasteiger partial charge < -0.3 is 39.0 Å². The molecule has 0 aliphatic carbocycles. The first-order valence-corrected chi connectivity index (χ1v) is 14.9. The largest absolute Gasteiger partial charge is 0.497 e. The maximum absolute atomic E-state index is 12.3. The number of hydrogen-bond donors (Lipinski definition) is 2. The van der Waals surface area contributed by atoms with E-state index in [0.717, 1.165) is 53.4 Å². The molecule has 3 aromatic carbocycles. The van der Waals surface area contributed by atoms with Crippen LogP contribution in [0, 0.1) is 5.92 Å².